The second-order valence-corrected chi connectivity index (χ2v) is 13.1. The average molecular weight is 567 g/mol. The van der Waals surface area contributed by atoms with E-state index < -0.39 is 0 Å². The summed E-state index contributed by atoms with van der Waals surface area (Å²) >= 11 is 1.91. The van der Waals surface area contributed by atoms with Gasteiger partial charge >= 0.3 is 0 Å². The van der Waals surface area contributed by atoms with E-state index in [2.05, 4.69) is 134 Å². The number of para-hydroxylation sites is 2. The SMILES string of the molecule is CC1(C)c2ccccc2-c2ccc3c(sc4ccc(-c5ccc(C#N)cc5-n5c6ccccc6c6ccccc65)cc43)c21. The van der Waals surface area contributed by atoms with Crippen molar-refractivity contribution >= 4 is 53.3 Å². The Morgan fingerprint density at radius 2 is 1.33 bits per heavy atom. The molecule has 0 saturated heterocycles. The van der Waals surface area contributed by atoms with Crippen molar-refractivity contribution in [3.63, 3.8) is 0 Å². The Balaban J connectivity index is 1.31. The van der Waals surface area contributed by atoms with Crippen molar-refractivity contribution in [1.82, 2.24) is 4.57 Å². The molecule has 1 aliphatic carbocycles. The molecule has 0 amide bonds. The summed E-state index contributed by atoms with van der Waals surface area (Å²) < 4.78 is 5.00. The summed E-state index contributed by atoms with van der Waals surface area (Å²) in [6.45, 7) is 4.73. The van der Waals surface area contributed by atoms with E-state index >= 15 is 0 Å². The van der Waals surface area contributed by atoms with Gasteiger partial charge < -0.3 is 4.57 Å². The van der Waals surface area contributed by atoms with Crippen LogP contribution in [0.15, 0.2) is 121 Å². The van der Waals surface area contributed by atoms with Crippen molar-refractivity contribution in [3.05, 3.63) is 138 Å². The van der Waals surface area contributed by atoms with Gasteiger partial charge in [-0.25, -0.2) is 0 Å². The van der Waals surface area contributed by atoms with Crippen LogP contribution in [0.2, 0.25) is 0 Å². The highest BCUT2D eigenvalue weighted by molar-refractivity contribution is 7.26. The van der Waals surface area contributed by atoms with E-state index in [1.54, 1.807) is 0 Å². The predicted octanol–water partition coefficient (Wildman–Crippen LogP) is 11.0. The van der Waals surface area contributed by atoms with Gasteiger partial charge in [0, 0.05) is 41.9 Å². The molecule has 0 N–H and O–H groups in total. The maximum absolute atomic E-state index is 9.91. The lowest BCUT2D eigenvalue weighted by molar-refractivity contribution is 0.667. The van der Waals surface area contributed by atoms with Crippen LogP contribution >= 0.6 is 11.3 Å². The number of aromatic nitrogens is 1. The topological polar surface area (TPSA) is 28.7 Å². The molecule has 0 aliphatic heterocycles. The Morgan fingerprint density at radius 1 is 0.628 bits per heavy atom. The molecule has 1 aliphatic rings. The molecule has 3 heteroatoms. The number of nitriles is 1. The normalized spacial score (nSPS) is 13.5. The highest BCUT2D eigenvalue weighted by Gasteiger charge is 2.37. The summed E-state index contributed by atoms with van der Waals surface area (Å²) in [5, 5.41) is 14.9. The molecule has 0 unspecified atom stereocenters. The fraction of sp³-hybridized carbons (Fsp3) is 0.0750. The zero-order chi connectivity index (χ0) is 28.9. The summed E-state index contributed by atoms with van der Waals surface area (Å²) in [7, 11) is 0. The number of thiophene rings is 1. The Labute approximate surface area is 253 Å². The predicted molar refractivity (Wildman–Crippen MR) is 181 cm³/mol. The third kappa shape index (κ3) is 3.27. The van der Waals surface area contributed by atoms with Crippen LogP contribution in [0.3, 0.4) is 0 Å². The van der Waals surface area contributed by atoms with Crippen LogP contribution in [0.4, 0.5) is 0 Å². The number of hydrogen-bond donors (Lipinski definition) is 0. The zero-order valence-electron chi connectivity index (χ0n) is 23.8. The lowest BCUT2D eigenvalue weighted by atomic mass is 9.82. The molecule has 0 fully saturated rings. The summed E-state index contributed by atoms with van der Waals surface area (Å²) in [5.41, 5.74) is 11.7. The Kier molecular flexibility index (Phi) is 4.93. The summed E-state index contributed by atoms with van der Waals surface area (Å²) in [6.07, 6.45) is 0. The zero-order valence-corrected chi connectivity index (χ0v) is 24.7. The van der Waals surface area contributed by atoms with E-state index in [4.69, 9.17) is 0 Å². The first-order valence-electron chi connectivity index (χ1n) is 14.7. The van der Waals surface area contributed by atoms with Gasteiger partial charge in [0.15, 0.2) is 0 Å². The van der Waals surface area contributed by atoms with Gasteiger partial charge in [0.1, 0.15) is 0 Å². The molecule has 9 rings (SSSR count). The van der Waals surface area contributed by atoms with E-state index in [9.17, 15) is 5.26 Å². The first-order chi connectivity index (χ1) is 21.0. The molecule has 43 heavy (non-hydrogen) atoms. The van der Waals surface area contributed by atoms with Crippen LogP contribution in [0.5, 0.6) is 0 Å². The number of hydrogen-bond acceptors (Lipinski definition) is 2. The molecule has 8 aromatic rings. The highest BCUT2D eigenvalue weighted by atomic mass is 32.1. The Morgan fingerprint density at radius 3 is 2.09 bits per heavy atom. The van der Waals surface area contributed by atoms with Gasteiger partial charge in [-0.05, 0) is 64.2 Å². The Bertz CT molecular complexity index is 2450. The van der Waals surface area contributed by atoms with Gasteiger partial charge in [-0.2, -0.15) is 5.26 Å². The number of rotatable bonds is 2. The van der Waals surface area contributed by atoms with Gasteiger partial charge in [-0.1, -0.05) is 98.8 Å². The molecule has 6 aromatic carbocycles. The molecule has 0 atom stereocenters. The van der Waals surface area contributed by atoms with Gasteiger partial charge in [0.25, 0.3) is 0 Å². The first-order valence-corrected chi connectivity index (χ1v) is 15.5. The molecule has 202 valence electrons. The third-order valence-corrected chi connectivity index (χ3v) is 10.6. The minimum absolute atomic E-state index is 0.0496. The van der Waals surface area contributed by atoms with Gasteiger partial charge in [-0.3, -0.25) is 0 Å². The molecular weight excluding hydrogens is 541 g/mol. The number of benzene rings is 6. The van der Waals surface area contributed by atoms with E-state index in [0.29, 0.717) is 5.56 Å². The lowest BCUT2D eigenvalue weighted by Gasteiger charge is -2.22. The summed E-state index contributed by atoms with van der Waals surface area (Å²) in [4.78, 5) is 0. The lowest BCUT2D eigenvalue weighted by Crippen LogP contribution is -2.14. The third-order valence-electron chi connectivity index (χ3n) is 9.41. The smallest absolute Gasteiger partial charge is 0.0992 e. The van der Waals surface area contributed by atoms with E-state index in [0.717, 1.165) is 27.8 Å². The van der Waals surface area contributed by atoms with Crippen LogP contribution in [-0.4, -0.2) is 4.57 Å². The molecule has 2 nitrogen and oxygen atoms in total. The molecule has 0 radical (unpaired) electrons. The number of fused-ring (bicyclic) bond motifs is 10. The van der Waals surface area contributed by atoms with Crippen molar-refractivity contribution < 1.29 is 0 Å². The maximum atomic E-state index is 9.91. The van der Waals surface area contributed by atoms with Crippen LogP contribution in [-0.2, 0) is 5.41 Å². The fourth-order valence-electron chi connectivity index (χ4n) is 7.46. The van der Waals surface area contributed by atoms with E-state index in [-0.39, 0.29) is 5.41 Å². The second-order valence-electron chi connectivity index (χ2n) is 12.1. The minimum Gasteiger partial charge on any atom is -0.309 e. The first kappa shape index (κ1) is 24.4. The molecule has 0 spiro atoms. The standard InChI is InChI=1S/C40H26N2S/c1-40(2)33-12-6-3-9-27(33)30-18-19-31-32-22-25(16-20-37(32)43-39(31)38(30)40)26-17-15-24(23-41)21-36(26)42-34-13-7-4-10-28(34)29-11-5-8-14-35(29)42/h3-22H,1-2H3. The number of nitrogens with zero attached hydrogens (tertiary/aromatic N) is 2. The summed E-state index contributed by atoms with van der Waals surface area (Å²) in [6, 6.07) is 46.0. The van der Waals surface area contributed by atoms with Crippen molar-refractivity contribution in [2.45, 2.75) is 19.3 Å². The van der Waals surface area contributed by atoms with Gasteiger partial charge in [-0.15, -0.1) is 11.3 Å². The fourth-order valence-corrected chi connectivity index (χ4v) is 8.85. The van der Waals surface area contributed by atoms with Crippen LogP contribution in [0.1, 0.15) is 30.5 Å². The van der Waals surface area contributed by atoms with Crippen LogP contribution in [0, 0.1) is 11.3 Å². The van der Waals surface area contributed by atoms with Gasteiger partial charge in [0.2, 0.25) is 0 Å². The van der Waals surface area contributed by atoms with Crippen LogP contribution in [0.25, 0.3) is 69.9 Å². The largest absolute Gasteiger partial charge is 0.309 e. The molecule has 0 saturated carbocycles. The quantitative estimate of drug-likeness (QED) is 0.205. The van der Waals surface area contributed by atoms with Crippen molar-refractivity contribution in [3.8, 4) is 34.0 Å². The highest BCUT2D eigenvalue weighted by Crippen LogP contribution is 2.54. The van der Waals surface area contributed by atoms with Crippen molar-refractivity contribution in [2.24, 2.45) is 0 Å². The van der Waals surface area contributed by atoms with Crippen LogP contribution < -0.4 is 0 Å². The van der Waals surface area contributed by atoms with E-state index in [1.807, 2.05) is 23.5 Å². The second kappa shape index (κ2) is 8.67. The van der Waals surface area contributed by atoms with Crippen molar-refractivity contribution in [2.75, 3.05) is 0 Å². The van der Waals surface area contributed by atoms with Gasteiger partial charge in [0.05, 0.1) is 28.4 Å². The van der Waals surface area contributed by atoms with Crippen molar-refractivity contribution in [1.29, 1.82) is 5.26 Å². The summed E-state index contributed by atoms with van der Waals surface area (Å²) in [5.74, 6) is 0. The van der Waals surface area contributed by atoms with E-state index in [1.165, 1.54) is 53.2 Å². The minimum atomic E-state index is -0.0496. The molecular formula is C40H26N2S. The maximum Gasteiger partial charge on any atom is 0.0992 e. The molecule has 2 aromatic heterocycles. The monoisotopic (exact) mass is 566 g/mol. The Hall–Kier alpha value is -5.17. The molecule has 0 bridgehead atoms. The molecule has 2 heterocycles. The average Bonchev–Trinajstić information content (AvgIpc) is 3.66.